The van der Waals surface area contributed by atoms with Crippen molar-refractivity contribution in [2.75, 3.05) is 30.2 Å². The normalized spacial score (nSPS) is 15.5. The molecular formula is C23H25N3O6S3. The van der Waals surface area contributed by atoms with E-state index in [1.165, 1.54) is 47.0 Å². The van der Waals surface area contributed by atoms with Crippen LogP contribution in [0.5, 0.6) is 5.75 Å². The molecule has 2 N–H and O–H groups in total. The number of benzene rings is 2. The number of hydrogen-bond donors (Lipinski definition) is 2. The first-order chi connectivity index (χ1) is 16.7. The van der Waals surface area contributed by atoms with E-state index in [9.17, 15) is 21.6 Å². The van der Waals surface area contributed by atoms with Crippen LogP contribution in [0.3, 0.4) is 0 Å². The maximum atomic E-state index is 12.7. The van der Waals surface area contributed by atoms with Gasteiger partial charge in [-0.15, -0.1) is 11.3 Å². The van der Waals surface area contributed by atoms with Crippen LogP contribution >= 0.6 is 11.3 Å². The zero-order chi connectivity index (χ0) is 25.1. The number of piperidine rings is 1. The van der Waals surface area contributed by atoms with Gasteiger partial charge in [0.15, 0.2) is 0 Å². The van der Waals surface area contributed by atoms with Crippen LogP contribution in [0.25, 0.3) is 0 Å². The topological polar surface area (TPSA) is 122 Å². The fourth-order valence-electron chi connectivity index (χ4n) is 3.73. The monoisotopic (exact) mass is 535 g/mol. The quantitative estimate of drug-likeness (QED) is 0.455. The second-order valence-electron chi connectivity index (χ2n) is 7.96. The third-order valence-electron chi connectivity index (χ3n) is 5.69. The van der Waals surface area contributed by atoms with Gasteiger partial charge in [0.25, 0.3) is 20.0 Å². The van der Waals surface area contributed by atoms with Crippen LogP contribution < -0.4 is 14.8 Å². The van der Waals surface area contributed by atoms with E-state index in [1.807, 2.05) is 0 Å². The summed E-state index contributed by atoms with van der Waals surface area (Å²) < 4.78 is 59.9. The van der Waals surface area contributed by atoms with Crippen LogP contribution in [0.15, 0.2) is 75.1 Å². The van der Waals surface area contributed by atoms with E-state index >= 15 is 0 Å². The molecule has 9 nitrogen and oxygen atoms in total. The van der Waals surface area contributed by atoms with Gasteiger partial charge >= 0.3 is 0 Å². The van der Waals surface area contributed by atoms with Crippen LogP contribution in [0.1, 0.15) is 12.8 Å². The molecule has 1 saturated heterocycles. The first kappa shape index (κ1) is 25.2. The minimum Gasteiger partial charge on any atom is -0.497 e. The van der Waals surface area contributed by atoms with Gasteiger partial charge in [0.1, 0.15) is 9.96 Å². The molecule has 0 saturated carbocycles. The van der Waals surface area contributed by atoms with Crippen LogP contribution in [-0.4, -0.2) is 47.2 Å². The highest BCUT2D eigenvalue weighted by Crippen LogP contribution is 2.27. The number of hydrogen-bond acceptors (Lipinski definition) is 7. The molecule has 0 atom stereocenters. The summed E-state index contributed by atoms with van der Waals surface area (Å²) >= 11 is 1.18. The summed E-state index contributed by atoms with van der Waals surface area (Å²) in [6, 6.07) is 15.7. The van der Waals surface area contributed by atoms with Crippen molar-refractivity contribution >= 4 is 48.7 Å². The minimum absolute atomic E-state index is 0.0541. The number of ether oxygens (including phenoxy) is 1. The largest absolute Gasteiger partial charge is 0.497 e. The van der Waals surface area contributed by atoms with Crippen LogP contribution in [0.2, 0.25) is 0 Å². The summed E-state index contributed by atoms with van der Waals surface area (Å²) in [7, 11) is -5.80. The lowest BCUT2D eigenvalue weighted by atomic mass is 9.97. The Bertz CT molecular complexity index is 1360. The second-order valence-corrected chi connectivity index (χ2v) is 12.8. The van der Waals surface area contributed by atoms with Crippen molar-refractivity contribution in [3.05, 3.63) is 66.0 Å². The predicted octanol–water partition coefficient (Wildman–Crippen LogP) is 3.60. The summed E-state index contributed by atoms with van der Waals surface area (Å²) in [6.07, 6.45) is 0.823. The number of carbonyl (C=O) groups excluding carboxylic acids is 1. The zero-order valence-corrected chi connectivity index (χ0v) is 21.3. The Labute approximate surface area is 208 Å². The van der Waals surface area contributed by atoms with Gasteiger partial charge in [0.05, 0.1) is 12.0 Å². The van der Waals surface area contributed by atoms with Crippen molar-refractivity contribution < 1.29 is 26.4 Å². The van der Waals surface area contributed by atoms with Crippen molar-refractivity contribution in [1.29, 1.82) is 0 Å². The summed E-state index contributed by atoms with van der Waals surface area (Å²) in [5, 5.41) is 4.52. The number of nitrogens with zero attached hydrogens (tertiary/aromatic N) is 1. The molecular weight excluding hydrogens is 510 g/mol. The Morgan fingerprint density at radius 1 is 0.943 bits per heavy atom. The van der Waals surface area contributed by atoms with E-state index in [-0.39, 0.29) is 29.8 Å². The van der Waals surface area contributed by atoms with Crippen molar-refractivity contribution in [3.63, 3.8) is 0 Å². The number of thiophene rings is 1. The Morgan fingerprint density at radius 3 is 2.14 bits per heavy atom. The lowest BCUT2D eigenvalue weighted by molar-refractivity contribution is -0.120. The highest BCUT2D eigenvalue weighted by molar-refractivity contribution is 7.92. The molecule has 4 rings (SSSR count). The number of rotatable bonds is 8. The van der Waals surface area contributed by atoms with Gasteiger partial charge in [0.2, 0.25) is 5.91 Å². The van der Waals surface area contributed by atoms with E-state index in [0.29, 0.717) is 34.2 Å². The molecule has 0 bridgehead atoms. The van der Waals surface area contributed by atoms with Crippen molar-refractivity contribution in [2.45, 2.75) is 21.9 Å². The molecule has 0 unspecified atom stereocenters. The van der Waals surface area contributed by atoms with Gasteiger partial charge in [-0.05, 0) is 72.8 Å². The summed E-state index contributed by atoms with van der Waals surface area (Å²) in [5.74, 6) is 0.0675. The van der Waals surface area contributed by atoms with Crippen molar-refractivity contribution in [1.82, 2.24) is 4.31 Å². The number of anilines is 2. The van der Waals surface area contributed by atoms with Crippen LogP contribution in [-0.2, 0) is 24.8 Å². The van der Waals surface area contributed by atoms with Gasteiger partial charge in [-0.2, -0.15) is 4.31 Å². The summed E-state index contributed by atoms with van der Waals surface area (Å²) in [4.78, 5) is 12.8. The van der Waals surface area contributed by atoms with Crippen LogP contribution in [0, 0.1) is 5.92 Å². The van der Waals surface area contributed by atoms with Gasteiger partial charge < -0.3 is 10.1 Å². The number of sulfonamides is 2. The number of methoxy groups -OCH3 is 1. The standard InChI is InChI=1S/C23H25N3O6S3/c1-32-20-8-4-19(5-9-20)25-34(28,29)21-10-6-18(7-11-21)24-23(27)17-12-14-26(15-13-17)35(30,31)22-3-2-16-33-22/h2-11,16-17,25H,12-15H2,1H3,(H,24,27). The first-order valence-electron chi connectivity index (χ1n) is 10.8. The smallest absolute Gasteiger partial charge is 0.261 e. The van der Waals surface area contributed by atoms with E-state index in [2.05, 4.69) is 10.0 Å². The molecule has 35 heavy (non-hydrogen) atoms. The first-order valence-corrected chi connectivity index (χ1v) is 14.6. The predicted molar refractivity (Wildman–Crippen MR) is 135 cm³/mol. The molecule has 1 aromatic heterocycles. The van der Waals surface area contributed by atoms with E-state index in [0.717, 1.165) is 0 Å². The molecule has 1 fully saturated rings. The SMILES string of the molecule is COc1ccc(NS(=O)(=O)c2ccc(NC(=O)C3CCN(S(=O)(=O)c4cccs4)CC3)cc2)cc1. The molecule has 0 spiro atoms. The molecule has 1 aliphatic heterocycles. The molecule has 186 valence electrons. The van der Waals surface area contributed by atoms with Gasteiger partial charge in [-0.25, -0.2) is 16.8 Å². The average Bonchev–Trinajstić information content (AvgIpc) is 3.41. The summed E-state index contributed by atoms with van der Waals surface area (Å²) in [6.45, 7) is 0.541. The third kappa shape index (κ3) is 5.84. The molecule has 12 heteroatoms. The highest BCUT2D eigenvalue weighted by Gasteiger charge is 2.32. The Morgan fingerprint density at radius 2 is 1.57 bits per heavy atom. The lowest BCUT2D eigenvalue weighted by Gasteiger charge is -2.30. The molecule has 1 amide bonds. The Hall–Kier alpha value is -2.93. The zero-order valence-electron chi connectivity index (χ0n) is 18.9. The van der Waals surface area contributed by atoms with E-state index < -0.39 is 20.0 Å². The number of carbonyl (C=O) groups is 1. The second kappa shape index (κ2) is 10.4. The maximum absolute atomic E-state index is 12.7. The van der Waals surface area contributed by atoms with Crippen LogP contribution in [0.4, 0.5) is 11.4 Å². The van der Waals surface area contributed by atoms with Gasteiger partial charge in [0, 0.05) is 30.4 Å². The van der Waals surface area contributed by atoms with Crippen molar-refractivity contribution in [2.24, 2.45) is 5.92 Å². The third-order valence-corrected chi connectivity index (χ3v) is 10.4. The highest BCUT2D eigenvalue weighted by atomic mass is 32.2. The van der Waals surface area contributed by atoms with Crippen molar-refractivity contribution in [3.8, 4) is 5.75 Å². The fourth-order valence-corrected chi connectivity index (χ4v) is 7.40. The maximum Gasteiger partial charge on any atom is 0.261 e. The molecule has 2 heterocycles. The Kier molecular flexibility index (Phi) is 7.45. The van der Waals surface area contributed by atoms with E-state index in [1.54, 1.807) is 41.8 Å². The number of nitrogens with one attached hydrogen (secondary N) is 2. The number of amides is 1. The molecule has 3 aromatic rings. The molecule has 2 aromatic carbocycles. The molecule has 0 radical (unpaired) electrons. The lowest BCUT2D eigenvalue weighted by Crippen LogP contribution is -2.41. The minimum atomic E-state index is -3.80. The molecule has 0 aliphatic carbocycles. The van der Waals surface area contributed by atoms with E-state index in [4.69, 9.17) is 4.74 Å². The fraction of sp³-hybridized carbons (Fsp3) is 0.261. The average molecular weight is 536 g/mol. The molecule has 1 aliphatic rings. The van der Waals surface area contributed by atoms with Gasteiger partial charge in [-0.3, -0.25) is 9.52 Å². The van der Waals surface area contributed by atoms with Gasteiger partial charge in [-0.1, -0.05) is 6.07 Å². The Balaban J connectivity index is 1.33. The summed E-state index contributed by atoms with van der Waals surface area (Å²) in [5.41, 5.74) is 0.864.